The molecule has 0 radical (unpaired) electrons. The van der Waals surface area contributed by atoms with Crippen LogP contribution in [0, 0.1) is 5.92 Å². The lowest BCUT2D eigenvalue weighted by molar-refractivity contribution is 0.593. The first kappa shape index (κ1) is 16.1. The molecule has 0 aliphatic heterocycles. The molecule has 1 aromatic carbocycles. The molecule has 0 unspecified atom stereocenters. The van der Waals surface area contributed by atoms with Gasteiger partial charge in [0.2, 0.25) is 5.28 Å². The van der Waals surface area contributed by atoms with Crippen LogP contribution in [0.2, 0.25) is 5.28 Å². The van der Waals surface area contributed by atoms with E-state index in [1.54, 1.807) is 11.6 Å². The Morgan fingerprint density at radius 3 is 2.56 bits per heavy atom. The lowest BCUT2D eigenvalue weighted by atomic mass is 10.1. The van der Waals surface area contributed by atoms with E-state index in [2.05, 4.69) is 4.98 Å². The third-order valence-electron chi connectivity index (χ3n) is 4.79. The first-order chi connectivity index (χ1) is 12.1. The van der Waals surface area contributed by atoms with Crippen molar-refractivity contribution in [2.75, 3.05) is 0 Å². The summed E-state index contributed by atoms with van der Waals surface area (Å²) in [5.74, 6) is 0.546. The first-order valence-corrected chi connectivity index (χ1v) is 8.83. The Morgan fingerprint density at radius 1 is 1.16 bits per heavy atom. The van der Waals surface area contributed by atoms with Crippen molar-refractivity contribution < 1.29 is 0 Å². The fourth-order valence-electron chi connectivity index (χ4n) is 3.15. The second-order valence-corrected chi connectivity index (χ2v) is 6.98. The second-order valence-electron chi connectivity index (χ2n) is 6.64. The molecule has 0 N–H and O–H groups in total. The van der Waals surface area contributed by atoms with Gasteiger partial charge >= 0.3 is 5.69 Å². The first-order valence-electron chi connectivity index (χ1n) is 8.45. The Hall–Kier alpha value is -2.34. The van der Waals surface area contributed by atoms with Crippen LogP contribution in [0.4, 0.5) is 0 Å². The van der Waals surface area contributed by atoms with E-state index in [4.69, 9.17) is 11.6 Å². The van der Waals surface area contributed by atoms with E-state index in [1.807, 2.05) is 30.3 Å². The van der Waals surface area contributed by atoms with Crippen molar-refractivity contribution in [3.05, 3.63) is 62.0 Å². The van der Waals surface area contributed by atoms with E-state index in [9.17, 15) is 9.59 Å². The molecule has 1 aliphatic rings. The lowest BCUT2D eigenvalue weighted by Gasteiger charge is -2.10. The summed E-state index contributed by atoms with van der Waals surface area (Å²) in [6.07, 6.45) is 2.90. The molecule has 1 saturated carbocycles. The molecule has 2 heterocycles. The molecule has 0 spiro atoms. The largest absolute Gasteiger partial charge is 0.332 e. The van der Waals surface area contributed by atoms with Crippen LogP contribution in [0.25, 0.3) is 11.2 Å². The van der Waals surface area contributed by atoms with Crippen molar-refractivity contribution in [3.63, 3.8) is 0 Å². The number of aryl methyl sites for hydroxylation is 2. The molecule has 1 fully saturated rings. The zero-order valence-electron chi connectivity index (χ0n) is 14.0. The number of rotatable bonds is 5. The number of hydrogen-bond acceptors (Lipinski definition) is 3. The van der Waals surface area contributed by atoms with Crippen LogP contribution in [-0.4, -0.2) is 18.7 Å². The number of aromatic nitrogens is 4. The zero-order chi connectivity index (χ0) is 17.6. The Kier molecular flexibility index (Phi) is 4.00. The molecule has 3 aromatic rings. The van der Waals surface area contributed by atoms with Gasteiger partial charge in [0.25, 0.3) is 5.56 Å². The molecular weight excluding hydrogens is 340 g/mol. The number of fused-ring (bicyclic) bond motifs is 1. The zero-order valence-corrected chi connectivity index (χ0v) is 14.7. The normalized spacial score (nSPS) is 14.3. The number of nitrogens with zero attached hydrogens (tertiary/aromatic N) is 4. The van der Waals surface area contributed by atoms with Gasteiger partial charge in [-0.15, -0.1) is 0 Å². The summed E-state index contributed by atoms with van der Waals surface area (Å²) in [5, 5.41) is 0.273. The van der Waals surface area contributed by atoms with Crippen LogP contribution in [0.3, 0.4) is 0 Å². The maximum atomic E-state index is 13.0. The smallest absolute Gasteiger partial charge is 0.308 e. The number of imidazole rings is 1. The van der Waals surface area contributed by atoms with Crippen LogP contribution < -0.4 is 11.2 Å². The number of benzene rings is 1. The van der Waals surface area contributed by atoms with Crippen molar-refractivity contribution in [1.29, 1.82) is 0 Å². The molecule has 0 atom stereocenters. The summed E-state index contributed by atoms with van der Waals surface area (Å²) < 4.78 is 4.46. The van der Waals surface area contributed by atoms with Gasteiger partial charge in [-0.2, -0.15) is 4.98 Å². The molecule has 130 valence electrons. The van der Waals surface area contributed by atoms with Gasteiger partial charge in [-0.3, -0.25) is 13.9 Å². The molecule has 2 aromatic heterocycles. The van der Waals surface area contributed by atoms with Gasteiger partial charge in [0.15, 0.2) is 11.2 Å². The average molecular weight is 359 g/mol. The monoisotopic (exact) mass is 358 g/mol. The summed E-state index contributed by atoms with van der Waals surface area (Å²) in [7, 11) is 1.63. The quantitative estimate of drug-likeness (QED) is 0.657. The molecule has 1 aliphatic carbocycles. The molecule has 0 amide bonds. The SMILES string of the molecule is Cn1c(=O)n(CCc2ccccc2)c(=O)c2c1nc(Cl)n2CC1CC1. The van der Waals surface area contributed by atoms with Gasteiger partial charge in [-0.05, 0) is 42.3 Å². The predicted octanol–water partition coefficient (Wildman–Crippen LogP) is 2.20. The Bertz CT molecular complexity index is 1040. The van der Waals surface area contributed by atoms with E-state index in [1.165, 1.54) is 9.13 Å². The van der Waals surface area contributed by atoms with E-state index in [0.29, 0.717) is 36.6 Å². The fraction of sp³-hybridized carbons (Fsp3) is 0.389. The van der Waals surface area contributed by atoms with Crippen LogP contribution in [0.15, 0.2) is 39.9 Å². The maximum Gasteiger partial charge on any atom is 0.332 e. The summed E-state index contributed by atoms with van der Waals surface area (Å²) >= 11 is 6.25. The predicted molar refractivity (Wildman–Crippen MR) is 97.1 cm³/mol. The molecule has 7 heteroatoms. The molecule has 6 nitrogen and oxygen atoms in total. The standard InChI is InChI=1S/C18H19ClN4O2/c1-21-15-14(23(17(19)20-15)11-13-7-8-13)16(24)22(18(21)25)10-9-12-5-3-2-4-6-12/h2-6,13H,7-11H2,1H3. The minimum Gasteiger partial charge on any atom is -0.308 e. The summed E-state index contributed by atoms with van der Waals surface area (Å²) in [5.41, 5.74) is 1.19. The van der Waals surface area contributed by atoms with Gasteiger partial charge in [-0.25, -0.2) is 4.79 Å². The molecule has 0 saturated heterocycles. The lowest BCUT2D eigenvalue weighted by Crippen LogP contribution is -2.40. The maximum absolute atomic E-state index is 13.0. The van der Waals surface area contributed by atoms with Gasteiger partial charge in [0.1, 0.15) is 0 Å². The van der Waals surface area contributed by atoms with Gasteiger partial charge in [-0.1, -0.05) is 30.3 Å². The topological polar surface area (TPSA) is 61.8 Å². The molecular formula is C18H19ClN4O2. The summed E-state index contributed by atoms with van der Waals surface area (Å²) in [4.78, 5) is 29.9. The highest BCUT2D eigenvalue weighted by Gasteiger charge is 2.26. The van der Waals surface area contributed by atoms with E-state index < -0.39 is 0 Å². The average Bonchev–Trinajstić information content (AvgIpc) is 3.37. The van der Waals surface area contributed by atoms with E-state index in [-0.39, 0.29) is 16.5 Å². The van der Waals surface area contributed by atoms with E-state index >= 15 is 0 Å². The van der Waals surface area contributed by atoms with Crippen molar-refractivity contribution >= 4 is 22.8 Å². The summed E-state index contributed by atoms with van der Waals surface area (Å²) in [6, 6.07) is 9.82. The highest BCUT2D eigenvalue weighted by atomic mass is 35.5. The third kappa shape index (κ3) is 2.91. The Balaban J connectivity index is 1.81. The van der Waals surface area contributed by atoms with E-state index in [0.717, 1.165) is 18.4 Å². The molecule has 25 heavy (non-hydrogen) atoms. The van der Waals surface area contributed by atoms with Gasteiger partial charge in [0, 0.05) is 20.1 Å². The second kappa shape index (κ2) is 6.19. The summed E-state index contributed by atoms with van der Waals surface area (Å²) in [6.45, 7) is 1.01. The Labute approximate surface area is 149 Å². The van der Waals surface area contributed by atoms with Gasteiger partial charge in [0.05, 0.1) is 0 Å². The van der Waals surface area contributed by atoms with Gasteiger partial charge < -0.3 is 4.57 Å². The molecule has 0 bridgehead atoms. The van der Waals surface area contributed by atoms with Crippen LogP contribution in [0.1, 0.15) is 18.4 Å². The third-order valence-corrected chi connectivity index (χ3v) is 5.08. The highest BCUT2D eigenvalue weighted by molar-refractivity contribution is 6.29. The van der Waals surface area contributed by atoms with Crippen molar-refractivity contribution in [2.45, 2.75) is 32.4 Å². The van der Waals surface area contributed by atoms with Crippen LogP contribution >= 0.6 is 11.6 Å². The van der Waals surface area contributed by atoms with Crippen LogP contribution in [-0.2, 0) is 26.6 Å². The van der Waals surface area contributed by atoms with Crippen LogP contribution in [0.5, 0.6) is 0 Å². The number of halogens is 1. The minimum atomic E-state index is -0.360. The van der Waals surface area contributed by atoms with Crippen molar-refractivity contribution in [3.8, 4) is 0 Å². The van der Waals surface area contributed by atoms with Crippen molar-refractivity contribution in [2.24, 2.45) is 13.0 Å². The minimum absolute atomic E-state index is 0.273. The fourth-order valence-corrected chi connectivity index (χ4v) is 3.39. The Morgan fingerprint density at radius 2 is 1.88 bits per heavy atom. The molecule has 4 rings (SSSR count). The highest BCUT2D eigenvalue weighted by Crippen LogP contribution is 2.32. The number of hydrogen-bond donors (Lipinski definition) is 0. The van der Waals surface area contributed by atoms with Crippen molar-refractivity contribution in [1.82, 2.24) is 18.7 Å².